The summed E-state index contributed by atoms with van der Waals surface area (Å²) < 4.78 is 60.7. The van der Waals surface area contributed by atoms with Crippen LogP contribution in [0.3, 0.4) is 0 Å². The lowest BCUT2D eigenvalue weighted by Gasteiger charge is -2.23. The highest BCUT2D eigenvalue weighted by atomic mass is 19.3. The predicted molar refractivity (Wildman–Crippen MR) is 117 cm³/mol. The minimum absolute atomic E-state index is 0.0811. The second kappa shape index (κ2) is 16.7. The van der Waals surface area contributed by atoms with Crippen LogP contribution in [0, 0.1) is 0 Å². The molecule has 0 aliphatic rings. The van der Waals surface area contributed by atoms with E-state index < -0.39 is 60.9 Å². The van der Waals surface area contributed by atoms with Crippen LogP contribution in [0.1, 0.15) is 51.4 Å². The van der Waals surface area contributed by atoms with E-state index in [1.807, 2.05) is 0 Å². The molecule has 2 unspecified atom stereocenters. The van der Waals surface area contributed by atoms with E-state index in [1.54, 1.807) is 0 Å². The fourth-order valence-electron chi connectivity index (χ4n) is 2.75. The van der Waals surface area contributed by atoms with E-state index in [1.165, 1.54) is 0 Å². The van der Waals surface area contributed by atoms with Crippen molar-refractivity contribution in [2.45, 2.75) is 75.3 Å². The molecule has 36 heavy (non-hydrogen) atoms. The van der Waals surface area contributed by atoms with Gasteiger partial charge in [0.15, 0.2) is 11.1 Å². The first-order valence-corrected chi connectivity index (χ1v) is 11.2. The van der Waals surface area contributed by atoms with Crippen molar-refractivity contribution >= 4 is 24.1 Å². The van der Waals surface area contributed by atoms with Gasteiger partial charge in [-0.2, -0.15) is 0 Å². The number of hydrogen-bond acceptors (Lipinski definition) is 8. The summed E-state index contributed by atoms with van der Waals surface area (Å²) in [5.74, 6) is -3.65. The summed E-state index contributed by atoms with van der Waals surface area (Å²) in [7, 11) is 0. The molecule has 0 aromatic rings. The van der Waals surface area contributed by atoms with Gasteiger partial charge >= 0.3 is 24.1 Å². The fourth-order valence-corrected chi connectivity index (χ4v) is 2.75. The van der Waals surface area contributed by atoms with Gasteiger partial charge in [0.2, 0.25) is 0 Å². The zero-order valence-electron chi connectivity index (χ0n) is 19.7. The summed E-state index contributed by atoms with van der Waals surface area (Å²) in [5, 5.41) is 22.2. The van der Waals surface area contributed by atoms with Crippen LogP contribution in [-0.4, -0.2) is 84.6 Å². The number of alkyl halides is 4. The Morgan fingerprint density at radius 2 is 1.00 bits per heavy atom. The van der Waals surface area contributed by atoms with Gasteiger partial charge < -0.3 is 41.8 Å². The quantitative estimate of drug-likeness (QED) is 0.104. The molecule has 0 bridgehead atoms. The molecular weight excluding hydrogens is 500 g/mol. The van der Waals surface area contributed by atoms with Crippen molar-refractivity contribution in [3.05, 3.63) is 0 Å². The van der Waals surface area contributed by atoms with Crippen LogP contribution >= 0.6 is 0 Å². The lowest BCUT2D eigenvalue weighted by Crippen LogP contribution is -2.54. The Bertz CT molecular complexity index is 661. The Balaban J connectivity index is 3.74. The van der Waals surface area contributed by atoms with E-state index in [2.05, 4.69) is 10.6 Å². The number of aliphatic carboxylic acids is 2. The standard InChI is InChI=1S/C20H34F4N4O8/c21-13(22)19(25,15(29)30)7-5-9-27-17(33)35-11-3-1-2-4-12-36-18(34)28-10-6-8-20(26,14(23)24)16(31)32/h13-14H,1-12,25-26H2,(H,27,33)(H,28,34)(H,29,30)(H,31,32). The van der Waals surface area contributed by atoms with E-state index in [-0.39, 0.29) is 39.1 Å². The summed E-state index contributed by atoms with van der Waals surface area (Å²) in [6.07, 6.45) is -7.00. The molecule has 0 rings (SSSR count). The third-order valence-corrected chi connectivity index (χ3v) is 5.15. The number of amides is 2. The molecule has 210 valence electrons. The van der Waals surface area contributed by atoms with Crippen LogP contribution in [0.5, 0.6) is 0 Å². The van der Waals surface area contributed by atoms with E-state index >= 15 is 0 Å². The second-order valence-corrected chi connectivity index (χ2v) is 8.04. The van der Waals surface area contributed by atoms with Gasteiger partial charge in [0.05, 0.1) is 13.2 Å². The minimum atomic E-state index is -3.25. The number of alkyl carbamates (subject to hydrolysis) is 2. The molecule has 0 aromatic heterocycles. The first-order valence-electron chi connectivity index (χ1n) is 11.2. The van der Waals surface area contributed by atoms with E-state index in [9.17, 15) is 36.7 Å². The highest BCUT2D eigenvalue weighted by molar-refractivity contribution is 5.79. The molecule has 0 heterocycles. The molecule has 0 aliphatic heterocycles. The number of carbonyl (C=O) groups excluding carboxylic acids is 2. The van der Waals surface area contributed by atoms with Gasteiger partial charge in [0, 0.05) is 13.1 Å². The predicted octanol–water partition coefficient (Wildman–Crippen LogP) is 1.65. The first-order chi connectivity index (χ1) is 16.8. The summed E-state index contributed by atoms with van der Waals surface area (Å²) in [6.45, 7) is -0.0123. The van der Waals surface area contributed by atoms with Crippen LogP contribution in [0.25, 0.3) is 0 Å². The summed E-state index contributed by atoms with van der Waals surface area (Å²) in [5.41, 5.74) is 4.96. The molecule has 12 nitrogen and oxygen atoms in total. The van der Waals surface area contributed by atoms with Gasteiger partial charge in [0.1, 0.15) is 0 Å². The van der Waals surface area contributed by atoms with E-state index in [4.69, 9.17) is 31.2 Å². The molecule has 0 spiro atoms. The Hall–Kier alpha value is -2.88. The van der Waals surface area contributed by atoms with Crippen LogP contribution < -0.4 is 22.1 Å². The highest BCUT2D eigenvalue weighted by Crippen LogP contribution is 2.20. The molecule has 0 fully saturated rings. The molecule has 2 amide bonds. The maximum Gasteiger partial charge on any atom is 0.407 e. The molecule has 0 saturated carbocycles. The van der Waals surface area contributed by atoms with Crippen molar-refractivity contribution in [3.63, 3.8) is 0 Å². The molecule has 0 radical (unpaired) electrons. The van der Waals surface area contributed by atoms with Gasteiger partial charge in [-0.3, -0.25) is 0 Å². The molecule has 2 atom stereocenters. The summed E-state index contributed by atoms with van der Waals surface area (Å²) >= 11 is 0. The number of halogens is 4. The van der Waals surface area contributed by atoms with Crippen LogP contribution in [0.15, 0.2) is 0 Å². The van der Waals surface area contributed by atoms with Crippen LogP contribution in [-0.2, 0) is 19.1 Å². The van der Waals surface area contributed by atoms with Crippen molar-refractivity contribution in [2.75, 3.05) is 26.3 Å². The average molecular weight is 535 g/mol. The number of rotatable bonds is 19. The summed E-state index contributed by atoms with van der Waals surface area (Å²) in [4.78, 5) is 44.7. The number of nitrogens with two attached hydrogens (primary N) is 2. The number of carbonyl (C=O) groups is 4. The smallest absolute Gasteiger partial charge is 0.407 e. The minimum Gasteiger partial charge on any atom is -0.480 e. The highest BCUT2D eigenvalue weighted by Gasteiger charge is 2.44. The number of hydrogen-bond donors (Lipinski definition) is 6. The van der Waals surface area contributed by atoms with Crippen molar-refractivity contribution in [3.8, 4) is 0 Å². The van der Waals surface area contributed by atoms with E-state index in [0.29, 0.717) is 25.7 Å². The van der Waals surface area contributed by atoms with Gasteiger partial charge in [0.25, 0.3) is 12.9 Å². The third kappa shape index (κ3) is 12.2. The Labute approximate surface area is 205 Å². The molecule has 8 N–H and O–H groups in total. The largest absolute Gasteiger partial charge is 0.480 e. The molecule has 0 aliphatic carbocycles. The van der Waals surface area contributed by atoms with Gasteiger partial charge in [-0.25, -0.2) is 36.7 Å². The number of unbranched alkanes of at least 4 members (excludes halogenated alkanes) is 3. The Kier molecular flexibility index (Phi) is 15.4. The lowest BCUT2D eigenvalue weighted by molar-refractivity contribution is -0.151. The van der Waals surface area contributed by atoms with Gasteiger partial charge in [-0.05, 0) is 51.4 Å². The maximum absolute atomic E-state index is 12.7. The third-order valence-electron chi connectivity index (χ3n) is 5.15. The zero-order chi connectivity index (χ0) is 27.8. The maximum atomic E-state index is 12.7. The number of carboxylic acids is 2. The molecule has 16 heteroatoms. The number of ether oxygens (including phenoxy) is 2. The lowest BCUT2D eigenvalue weighted by atomic mass is 9.95. The fraction of sp³-hybridized carbons (Fsp3) is 0.800. The Morgan fingerprint density at radius 1 is 0.667 bits per heavy atom. The number of carboxylic acid groups (broad SMARTS) is 2. The molecule has 0 saturated heterocycles. The number of nitrogens with one attached hydrogen (secondary N) is 2. The monoisotopic (exact) mass is 534 g/mol. The first kappa shape index (κ1) is 33.1. The van der Waals surface area contributed by atoms with Gasteiger partial charge in [-0.1, -0.05) is 0 Å². The summed E-state index contributed by atoms with van der Waals surface area (Å²) in [6, 6.07) is 0. The average Bonchev–Trinajstić information content (AvgIpc) is 2.80. The normalized spacial score (nSPS) is 14.6. The Morgan fingerprint density at radius 3 is 1.28 bits per heavy atom. The van der Waals surface area contributed by atoms with Crippen molar-refractivity contribution in [2.24, 2.45) is 11.5 Å². The van der Waals surface area contributed by atoms with Crippen LogP contribution in [0.2, 0.25) is 0 Å². The SMILES string of the molecule is NC(CCCNC(=O)OCCCCCCOC(=O)NCCCC(N)(C(=O)O)C(F)F)(C(=O)O)C(F)F. The van der Waals surface area contributed by atoms with Crippen molar-refractivity contribution in [1.82, 2.24) is 10.6 Å². The van der Waals surface area contributed by atoms with E-state index in [0.717, 1.165) is 0 Å². The molecule has 0 aromatic carbocycles. The van der Waals surface area contributed by atoms with Gasteiger partial charge in [-0.15, -0.1) is 0 Å². The topological polar surface area (TPSA) is 203 Å². The van der Waals surface area contributed by atoms with Crippen molar-refractivity contribution in [1.29, 1.82) is 0 Å². The van der Waals surface area contributed by atoms with Crippen LogP contribution in [0.4, 0.5) is 27.2 Å². The van der Waals surface area contributed by atoms with Crippen molar-refractivity contribution < 1.29 is 56.4 Å². The second-order valence-electron chi connectivity index (χ2n) is 8.04. The molecular formula is C20H34F4N4O8. The zero-order valence-corrected chi connectivity index (χ0v) is 19.7.